The monoisotopic (exact) mass is 365 g/mol. The fourth-order valence-corrected chi connectivity index (χ4v) is 2.74. The zero-order valence-electron chi connectivity index (χ0n) is 14.3. The average Bonchev–Trinajstić information content (AvgIpc) is 2.68. The van der Waals surface area contributed by atoms with Crippen molar-refractivity contribution in [1.29, 1.82) is 0 Å². The quantitative estimate of drug-likeness (QED) is 0.609. The standard InChI is InChI=1S/C20H19N3O2S/c1-26-19-4-2-3-16(13-19)23-20(24)22-14-15-5-7-17(8-6-15)25-18-9-11-21-12-10-18/h2-13H,14H2,1H3,(H2,22,23,24). The largest absolute Gasteiger partial charge is 0.457 e. The first-order valence-corrected chi connectivity index (χ1v) is 9.31. The molecule has 0 aliphatic heterocycles. The summed E-state index contributed by atoms with van der Waals surface area (Å²) in [6, 6.07) is 18.7. The van der Waals surface area contributed by atoms with Gasteiger partial charge in [0.1, 0.15) is 11.5 Å². The lowest BCUT2D eigenvalue weighted by Gasteiger charge is -2.09. The summed E-state index contributed by atoms with van der Waals surface area (Å²) < 4.78 is 5.72. The Morgan fingerprint density at radius 2 is 1.77 bits per heavy atom. The second kappa shape index (κ2) is 8.92. The van der Waals surface area contributed by atoms with Gasteiger partial charge >= 0.3 is 6.03 Å². The van der Waals surface area contributed by atoms with Gasteiger partial charge in [0.2, 0.25) is 0 Å². The topological polar surface area (TPSA) is 63.2 Å². The van der Waals surface area contributed by atoms with Gasteiger partial charge in [0, 0.05) is 29.5 Å². The third kappa shape index (κ3) is 5.26. The molecule has 1 heterocycles. The van der Waals surface area contributed by atoms with E-state index in [1.165, 1.54) is 0 Å². The summed E-state index contributed by atoms with van der Waals surface area (Å²) in [6.07, 6.45) is 5.36. The maximum absolute atomic E-state index is 12.0. The summed E-state index contributed by atoms with van der Waals surface area (Å²) in [5, 5.41) is 5.69. The molecule has 2 N–H and O–H groups in total. The Morgan fingerprint density at radius 3 is 2.50 bits per heavy atom. The third-order valence-corrected chi connectivity index (χ3v) is 4.31. The van der Waals surface area contributed by atoms with Crippen LogP contribution in [0.1, 0.15) is 5.56 Å². The number of hydrogen-bond donors (Lipinski definition) is 2. The number of hydrogen-bond acceptors (Lipinski definition) is 4. The highest BCUT2D eigenvalue weighted by Crippen LogP contribution is 2.21. The summed E-state index contributed by atoms with van der Waals surface area (Å²) in [5.74, 6) is 1.47. The van der Waals surface area contributed by atoms with E-state index >= 15 is 0 Å². The Labute approximate surface area is 156 Å². The molecule has 0 saturated heterocycles. The van der Waals surface area contributed by atoms with Crippen LogP contribution in [-0.2, 0) is 6.54 Å². The van der Waals surface area contributed by atoms with Crippen LogP contribution in [0.5, 0.6) is 11.5 Å². The molecule has 0 aliphatic rings. The van der Waals surface area contributed by atoms with E-state index < -0.39 is 0 Å². The molecule has 0 spiro atoms. The Hall–Kier alpha value is -2.99. The molecule has 132 valence electrons. The number of amides is 2. The molecule has 2 aromatic carbocycles. The van der Waals surface area contributed by atoms with E-state index in [0.29, 0.717) is 6.54 Å². The molecule has 0 aliphatic carbocycles. The van der Waals surface area contributed by atoms with Crippen molar-refractivity contribution in [1.82, 2.24) is 10.3 Å². The highest BCUT2D eigenvalue weighted by Gasteiger charge is 2.03. The van der Waals surface area contributed by atoms with Gasteiger partial charge in [0.25, 0.3) is 0 Å². The average molecular weight is 365 g/mol. The first-order valence-electron chi connectivity index (χ1n) is 8.09. The van der Waals surface area contributed by atoms with E-state index in [-0.39, 0.29) is 6.03 Å². The van der Waals surface area contributed by atoms with Crippen LogP contribution in [0, 0.1) is 0 Å². The van der Waals surface area contributed by atoms with Crippen molar-refractivity contribution in [2.45, 2.75) is 11.4 Å². The molecule has 0 unspecified atom stereocenters. The lowest BCUT2D eigenvalue weighted by atomic mass is 10.2. The third-order valence-electron chi connectivity index (χ3n) is 3.59. The normalized spacial score (nSPS) is 10.2. The minimum absolute atomic E-state index is 0.236. The molecule has 5 nitrogen and oxygen atoms in total. The van der Waals surface area contributed by atoms with E-state index in [2.05, 4.69) is 15.6 Å². The SMILES string of the molecule is CSc1cccc(NC(=O)NCc2ccc(Oc3ccncc3)cc2)c1. The summed E-state index contributed by atoms with van der Waals surface area (Å²) in [5.41, 5.74) is 1.76. The number of nitrogens with zero attached hydrogens (tertiary/aromatic N) is 1. The van der Waals surface area contributed by atoms with Gasteiger partial charge in [0.15, 0.2) is 0 Å². The maximum Gasteiger partial charge on any atom is 0.319 e. The van der Waals surface area contributed by atoms with Crippen molar-refractivity contribution in [2.24, 2.45) is 0 Å². The van der Waals surface area contributed by atoms with Gasteiger partial charge in [-0.05, 0) is 54.3 Å². The van der Waals surface area contributed by atoms with Crippen LogP contribution in [0.3, 0.4) is 0 Å². The van der Waals surface area contributed by atoms with E-state index in [0.717, 1.165) is 27.6 Å². The molecule has 26 heavy (non-hydrogen) atoms. The number of urea groups is 1. The van der Waals surface area contributed by atoms with Crippen LogP contribution in [0.25, 0.3) is 0 Å². The van der Waals surface area contributed by atoms with E-state index in [9.17, 15) is 4.79 Å². The molecule has 0 fully saturated rings. The number of rotatable bonds is 6. The number of carbonyl (C=O) groups is 1. The van der Waals surface area contributed by atoms with Crippen LogP contribution in [0.2, 0.25) is 0 Å². The smallest absolute Gasteiger partial charge is 0.319 e. The van der Waals surface area contributed by atoms with Crippen molar-refractivity contribution >= 4 is 23.5 Å². The van der Waals surface area contributed by atoms with Gasteiger partial charge in [-0.2, -0.15) is 0 Å². The van der Waals surface area contributed by atoms with Crippen LogP contribution in [0.4, 0.5) is 10.5 Å². The Bertz CT molecular complexity index is 854. The van der Waals surface area contributed by atoms with Gasteiger partial charge in [0.05, 0.1) is 0 Å². The number of anilines is 1. The Morgan fingerprint density at radius 1 is 1.04 bits per heavy atom. The van der Waals surface area contributed by atoms with E-state index in [1.807, 2.05) is 54.8 Å². The molecule has 0 bridgehead atoms. The molecule has 1 aromatic heterocycles. The first kappa shape index (κ1) is 17.8. The number of ether oxygens (including phenoxy) is 1. The minimum Gasteiger partial charge on any atom is -0.457 e. The number of carbonyl (C=O) groups excluding carboxylic acids is 1. The molecule has 0 radical (unpaired) electrons. The zero-order valence-corrected chi connectivity index (χ0v) is 15.1. The van der Waals surface area contributed by atoms with Crippen molar-refractivity contribution in [3.05, 3.63) is 78.6 Å². The van der Waals surface area contributed by atoms with Gasteiger partial charge < -0.3 is 15.4 Å². The minimum atomic E-state index is -0.236. The van der Waals surface area contributed by atoms with Crippen molar-refractivity contribution in [3.8, 4) is 11.5 Å². The van der Waals surface area contributed by atoms with E-state index in [4.69, 9.17) is 4.74 Å². The molecular weight excluding hydrogens is 346 g/mol. The van der Waals surface area contributed by atoms with Gasteiger partial charge in [-0.1, -0.05) is 18.2 Å². The van der Waals surface area contributed by atoms with Crippen LogP contribution < -0.4 is 15.4 Å². The highest BCUT2D eigenvalue weighted by atomic mass is 32.2. The van der Waals surface area contributed by atoms with Crippen molar-refractivity contribution in [3.63, 3.8) is 0 Å². The molecule has 0 atom stereocenters. The van der Waals surface area contributed by atoms with Crippen LogP contribution in [-0.4, -0.2) is 17.3 Å². The van der Waals surface area contributed by atoms with E-state index in [1.54, 1.807) is 36.3 Å². The summed E-state index contributed by atoms with van der Waals surface area (Å²) >= 11 is 1.64. The summed E-state index contributed by atoms with van der Waals surface area (Å²) in [6.45, 7) is 0.434. The molecular formula is C20H19N3O2S. The second-order valence-electron chi connectivity index (χ2n) is 5.47. The summed E-state index contributed by atoms with van der Waals surface area (Å²) in [4.78, 5) is 17.1. The van der Waals surface area contributed by atoms with Gasteiger partial charge in [-0.15, -0.1) is 11.8 Å². The number of pyridine rings is 1. The fraction of sp³-hybridized carbons (Fsp3) is 0.100. The summed E-state index contributed by atoms with van der Waals surface area (Å²) in [7, 11) is 0. The number of aromatic nitrogens is 1. The molecule has 3 aromatic rings. The zero-order chi connectivity index (χ0) is 18.2. The van der Waals surface area contributed by atoms with Crippen molar-refractivity contribution < 1.29 is 9.53 Å². The van der Waals surface area contributed by atoms with Crippen LogP contribution in [0.15, 0.2) is 78.0 Å². The molecule has 0 saturated carbocycles. The lowest BCUT2D eigenvalue weighted by Crippen LogP contribution is -2.28. The van der Waals surface area contributed by atoms with Gasteiger partial charge in [-0.3, -0.25) is 4.98 Å². The second-order valence-corrected chi connectivity index (χ2v) is 6.35. The molecule has 3 rings (SSSR count). The molecule has 6 heteroatoms. The number of benzene rings is 2. The maximum atomic E-state index is 12.0. The number of nitrogens with one attached hydrogen (secondary N) is 2. The fourth-order valence-electron chi connectivity index (χ4n) is 2.28. The van der Waals surface area contributed by atoms with Crippen molar-refractivity contribution in [2.75, 3.05) is 11.6 Å². The predicted molar refractivity (Wildman–Crippen MR) is 105 cm³/mol. The Kier molecular flexibility index (Phi) is 6.11. The first-order chi connectivity index (χ1) is 12.7. The predicted octanol–water partition coefficient (Wildman–Crippen LogP) is 4.92. The molecule has 2 amide bonds. The van der Waals surface area contributed by atoms with Gasteiger partial charge in [-0.25, -0.2) is 4.79 Å². The Balaban J connectivity index is 1.50. The highest BCUT2D eigenvalue weighted by molar-refractivity contribution is 7.98. The van der Waals surface area contributed by atoms with Crippen LogP contribution >= 0.6 is 11.8 Å². The number of thioether (sulfide) groups is 1. The lowest BCUT2D eigenvalue weighted by molar-refractivity contribution is 0.251.